The third-order valence-electron chi connectivity index (χ3n) is 2.96. The summed E-state index contributed by atoms with van der Waals surface area (Å²) in [5.41, 5.74) is 4.12. The maximum Gasteiger partial charge on any atom is 0.262 e. The van der Waals surface area contributed by atoms with Crippen molar-refractivity contribution < 1.29 is 19.1 Å². The maximum atomic E-state index is 10.7. The predicted molar refractivity (Wildman–Crippen MR) is 67.2 cm³/mol. The Bertz CT molecular complexity index is 288. The van der Waals surface area contributed by atoms with Gasteiger partial charge in [-0.3, -0.25) is 20.4 Å². The van der Waals surface area contributed by atoms with Crippen LogP contribution >= 0.6 is 0 Å². The molecule has 0 saturated carbocycles. The Morgan fingerprint density at radius 2 is 1.74 bits per heavy atom. The number of hydrogen-bond acceptors (Lipinski definition) is 6. The lowest BCUT2D eigenvalue weighted by atomic mass is 10.2. The number of rotatable bonds is 3. The van der Waals surface area contributed by atoms with Crippen LogP contribution in [0.4, 0.5) is 0 Å². The predicted octanol–water partition coefficient (Wildman–Crippen LogP) is -1.30. The van der Waals surface area contributed by atoms with Crippen LogP contribution in [-0.2, 0) is 19.1 Å². The molecule has 8 heteroatoms. The lowest BCUT2D eigenvalue weighted by Crippen LogP contribution is -2.38. The highest BCUT2D eigenvalue weighted by molar-refractivity contribution is 5.80. The van der Waals surface area contributed by atoms with Crippen LogP contribution in [0.15, 0.2) is 0 Å². The summed E-state index contributed by atoms with van der Waals surface area (Å²) < 4.78 is 10.2. The first-order valence-corrected chi connectivity index (χ1v) is 6.40. The molecule has 2 atom stereocenters. The van der Waals surface area contributed by atoms with Crippen LogP contribution in [0, 0.1) is 0 Å². The Balaban J connectivity index is 0.000000191. The third kappa shape index (κ3) is 5.97. The van der Waals surface area contributed by atoms with Crippen molar-refractivity contribution in [3.63, 3.8) is 0 Å². The van der Waals surface area contributed by atoms with Crippen molar-refractivity contribution in [2.24, 2.45) is 11.7 Å². The summed E-state index contributed by atoms with van der Waals surface area (Å²) in [5.74, 6) is 9.41. The van der Waals surface area contributed by atoms with Crippen LogP contribution in [0.25, 0.3) is 0 Å². The second-order valence-corrected chi connectivity index (χ2v) is 4.42. The van der Waals surface area contributed by atoms with E-state index in [4.69, 9.17) is 21.2 Å². The molecule has 2 rings (SSSR count). The molecule has 2 amide bonds. The fourth-order valence-electron chi connectivity index (χ4n) is 1.95. The van der Waals surface area contributed by atoms with E-state index < -0.39 is 0 Å². The number of nitrogens with two attached hydrogens (primary N) is 2. The molecule has 19 heavy (non-hydrogen) atoms. The van der Waals surface area contributed by atoms with Gasteiger partial charge in [-0.05, 0) is 25.7 Å². The van der Waals surface area contributed by atoms with Crippen LogP contribution in [0.5, 0.6) is 0 Å². The van der Waals surface area contributed by atoms with E-state index in [1.807, 2.05) is 5.43 Å². The van der Waals surface area contributed by atoms with Crippen LogP contribution in [0.3, 0.4) is 0 Å². The number of carbonyl (C=O) groups excluding carboxylic acids is 2. The zero-order chi connectivity index (χ0) is 14.1. The molecule has 2 saturated heterocycles. The van der Waals surface area contributed by atoms with Gasteiger partial charge < -0.3 is 9.47 Å². The van der Waals surface area contributed by atoms with Gasteiger partial charge >= 0.3 is 0 Å². The van der Waals surface area contributed by atoms with Crippen molar-refractivity contribution in [2.75, 3.05) is 13.2 Å². The number of nitrogens with one attached hydrogen (secondary N) is 2. The van der Waals surface area contributed by atoms with Gasteiger partial charge in [0.1, 0.15) is 6.10 Å². The van der Waals surface area contributed by atoms with Crippen LogP contribution in [-0.4, -0.2) is 37.2 Å². The summed E-state index contributed by atoms with van der Waals surface area (Å²) in [6.45, 7) is 1.46. The van der Waals surface area contributed by atoms with Crippen molar-refractivity contribution in [1.29, 1.82) is 0 Å². The van der Waals surface area contributed by atoms with E-state index in [2.05, 4.69) is 5.43 Å². The lowest BCUT2D eigenvalue weighted by molar-refractivity contribution is -0.130. The molecule has 2 heterocycles. The Labute approximate surface area is 112 Å². The molecule has 2 fully saturated rings. The molecular formula is C11H22N4O4. The first kappa shape index (κ1) is 15.8. The molecule has 0 radical (unpaired) electrons. The number of ether oxygens (including phenoxy) is 2. The second kappa shape index (κ2) is 8.81. The minimum atomic E-state index is -0.296. The van der Waals surface area contributed by atoms with E-state index in [1.54, 1.807) is 0 Å². The van der Waals surface area contributed by atoms with Gasteiger partial charge in [-0.2, -0.15) is 0 Å². The summed E-state index contributed by atoms with van der Waals surface area (Å²) in [7, 11) is 0. The molecule has 0 aromatic heterocycles. The van der Waals surface area contributed by atoms with Gasteiger partial charge in [-0.15, -0.1) is 0 Å². The van der Waals surface area contributed by atoms with Crippen molar-refractivity contribution >= 4 is 11.8 Å². The van der Waals surface area contributed by atoms with Gasteiger partial charge in [0, 0.05) is 13.2 Å². The van der Waals surface area contributed by atoms with Gasteiger partial charge in [0.15, 0.2) is 0 Å². The van der Waals surface area contributed by atoms with Crippen molar-refractivity contribution in [3.05, 3.63) is 0 Å². The highest BCUT2D eigenvalue weighted by Gasteiger charge is 2.22. The fraction of sp³-hybridized carbons (Fsp3) is 0.818. The normalized spacial score (nSPS) is 25.4. The smallest absolute Gasteiger partial charge is 0.262 e. The summed E-state index contributed by atoms with van der Waals surface area (Å²) >= 11 is 0. The van der Waals surface area contributed by atoms with Crippen LogP contribution in [0.1, 0.15) is 32.1 Å². The van der Waals surface area contributed by atoms with Gasteiger partial charge in [0.25, 0.3) is 5.91 Å². The fourth-order valence-corrected chi connectivity index (χ4v) is 1.95. The molecule has 1 unspecified atom stereocenters. The van der Waals surface area contributed by atoms with Gasteiger partial charge in [0.05, 0.1) is 12.5 Å². The molecule has 0 aromatic carbocycles. The Kier molecular flexibility index (Phi) is 7.34. The second-order valence-electron chi connectivity index (χ2n) is 4.42. The Hall–Kier alpha value is -1.22. The molecule has 110 valence electrons. The number of hydrazine groups is 2. The monoisotopic (exact) mass is 274 g/mol. The van der Waals surface area contributed by atoms with E-state index in [0.29, 0.717) is 13.0 Å². The third-order valence-corrected chi connectivity index (χ3v) is 2.96. The minimum Gasteiger partial charge on any atom is -0.378 e. The van der Waals surface area contributed by atoms with E-state index in [9.17, 15) is 9.59 Å². The molecule has 0 aliphatic carbocycles. The molecular weight excluding hydrogens is 252 g/mol. The molecule has 2 aliphatic rings. The number of carbonyl (C=O) groups is 2. The number of amides is 2. The quantitative estimate of drug-likeness (QED) is 0.288. The van der Waals surface area contributed by atoms with Gasteiger partial charge in [0.2, 0.25) is 5.91 Å². The SMILES string of the molecule is NNC(=O)C1CCCO1.NNC(=O)C[C@H]1CCCO1. The zero-order valence-electron chi connectivity index (χ0n) is 10.9. The van der Waals surface area contributed by atoms with Gasteiger partial charge in [-0.25, -0.2) is 11.7 Å². The maximum absolute atomic E-state index is 10.7. The van der Waals surface area contributed by atoms with Crippen molar-refractivity contribution in [1.82, 2.24) is 10.9 Å². The van der Waals surface area contributed by atoms with Crippen molar-refractivity contribution in [2.45, 2.75) is 44.3 Å². The zero-order valence-corrected chi connectivity index (χ0v) is 10.9. The molecule has 2 aliphatic heterocycles. The lowest BCUT2D eigenvalue weighted by Gasteiger charge is -2.06. The standard InChI is InChI=1S/C6H12N2O2.C5H10N2O2/c7-8-6(9)4-5-2-1-3-10-5;6-7-5(8)4-2-1-3-9-4/h5H,1-4,7H2,(H,8,9);4H,1-3,6H2,(H,7,8)/t5-;/m1./s1. The van der Waals surface area contributed by atoms with Gasteiger partial charge in [-0.1, -0.05) is 0 Å². The highest BCUT2D eigenvalue weighted by atomic mass is 16.5. The van der Waals surface area contributed by atoms with E-state index in [0.717, 1.165) is 32.3 Å². The Morgan fingerprint density at radius 3 is 2.21 bits per heavy atom. The minimum absolute atomic E-state index is 0.101. The Morgan fingerprint density at radius 1 is 1.05 bits per heavy atom. The first-order chi connectivity index (χ1) is 9.17. The average Bonchev–Trinajstić information content (AvgIpc) is 3.11. The highest BCUT2D eigenvalue weighted by Crippen LogP contribution is 2.14. The summed E-state index contributed by atoms with van der Waals surface area (Å²) in [6.07, 6.45) is 3.99. The first-order valence-electron chi connectivity index (χ1n) is 6.40. The molecule has 0 aromatic rings. The molecule has 8 nitrogen and oxygen atoms in total. The largest absolute Gasteiger partial charge is 0.378 e. The van der Waals surface area contributed by atoms with E-state index in [-0.39, 0.29) is 24.0 Å². The topological polar surface area (TPSA) is 129 Å². The number of hydrogen-bond donors (Lipinski definition) is 4. The molecule has 6 N–H and O–H groups in total. The molecule has 0 bridgehead atoms. The van der Waals surface area contributed by atoms with E-state index in [1.165, 1.54) is 0 Å². The van der Waals surface area contributed by atoms with E-state index >= 15 is 0 Å². The van der Waals surface area contributed by atoms with Crippen molar-refractivity contribution in [3.8, 4) is 0 Å². The van der Waals surface area contributed by atoms with Crippen LogP contribution < -0.4 is 22.5 Å². The summed E-state index contributed by atoms with van der Waals surface area (Å²) in [5, 5.41) is 0. The summed E-state index contributed by atoms with van der Waals surface area (Å²) in [6, 6.07) is 0. The van der Waals surface area contributed by atoms with Crippen LogP contribution in [0.2, 0.25) is 0 Å². The molecule has 0 spiro atoms. The average molecular weight is 274 g/mol. The summed E-state index contributed by atoms with van der Waals surface area (Å²) in [4.78, 5) is 21.3.